The summed E-state index contributed by atoms with van der Waals surface area (Å²) in [5.74, 6) is 2.60. The van der Waals surface area contributed by atoms with Crippen LogP contribution in [0.25, 0.3) is 0 Å². The molecule has 1 aromatic rings. The fraction of sp³-hybridized carbons (Fsp3) is 0.636. The van der Waals surface area contributed by atoms with Gasteiger partial charge in [0.2, 0.25) is 0 Å². The van der Waals surface area contributed by atoms with Gasteiger partial charge in [-0.2, -0.15) is 0 Å². The summed E-state index contributed by atoms with van der Waals surface area (Å²) < 4.78 is 5.32. The quantitative estimate of drug-likeness (QED) is 0.766. The average molecular weight is 250 g/mol. The molecule has 4 heteroatoms. The molecule has 0 aromatic carbocycles. The number of hydrogen-bond donors (Lipinski definition) is 0. The predicted molar refractivity (Wildman–Crippen MR) is 64.7 cm³/mol. The van der Waals surface area contributed by atoms with E-state index < -0.39 is 0 Å². The van der Waals surface area contributed by atoms with Crippen molar-refractivity contribution in [3.8, 4) is 0 Å². The van der Waals surface area contributed by atoms with Crippen molar-refractivity contribution in [2.45, 2.75) is 19.4 Å². The number of likely N-dealkylation sites (tertiary alicyclic amines) is 1. The lowest BCUT2D eigenvalue weighted by atomic mass is 9.99. The van der Waals surface area contributed by atoms with Crippen LogP contribution in [0.4, 0.5) is 0 Å². The number of halogens is 2. The molecular weight excluding hydrogens is 233 g/mol. The normalized spacial score (nSPS) is 18.7. The summed E-state index contributed by atoms with van der Waals surface area (Å²) in [6.07, 6.45) is 4.19. The van der Waals surface area contributed by atoms with Crippen molar-refractivity contribution in [3.63, 3.8) is 0 Å². The zero-order valence-corrected chi connectivity index (χ0v) is 10.3. The molecule has 1 aliphatic heterocycles. The van der Waals surface area contributed by atoms with Crippen molar-refractivity contribution in [1.82, 2.24) is 4.90 Å². The largest absolute Gasteiger partial charge is 0.468 e. The Morgan fingerprint density at radius 1 is 1.40 bits per heavy atom. The fourth-order valence-electron chi connectivity index (χ4n) is 1.92. The molecule has 15 heavy (non-hydrogen) atoms. The molecule has 1 saturated heterocycles. The lowest BCUT2D eigenvalue weighted by molar-refractivity contribution is 0.175. The summed E-state index contributed by atoms with van der Waals surface area (Å²) in [5, 5.41) is 0. The highest BCUT2D eigenvalue weighted by molar-refractivity contribution is 6.18. The Labute approximate surface area is 102 Å². The van der Waals surface area contributed by atoms with Gasteiger partial charge in [0.25, 0.3) is 0 Å². The van der Waals surface area contributed by atoms with Crippen molar-refractivity contribution < 1.29 is 4.42 Å². The van der Waals surface area contributed by atoms with E-state index in [-0.39, 0.29) is 12.4 Å². The van der Waals surface area contributed by atoms with Crippen molar-refractivity contribution in [2.24, 2.45) is 5.92 Å². The van der Waals surface area contributed by atoms with Crippen molar-refractivity contribution in [1.29, 1.82) is 0 Å². The Hall–Kier alpha value is -0.180. The monoisotopic (exact) mass is 249 g/mol. The Morgan fingerprint density at radius 3 is 2.67 bits per heavy atom. The van der Waals surface area contributed by atoms with Crippen molar-refractivity contribution >= 4 is 24.0 Å². The molecule has 0 radical (unpaired) electrons. The van der Waals surface area contributed by atoms with Gasteiger partial charge in [-0.05, 0) is 44.0 Å². The first-order valence-corrected chi connectivity index (χ1v) is 5.72. The maximum atomic E-state index is 5.83. The number of alkyl halides is 1. The van der Waals surface area contributed by atoms with Crippen molar-refractivity contribution in [2.75, 3.05) is 19.0 Å². The Morgan fingerprint density at radius 2 is 2.13 bits per heavy atom. The maximum Gasteiger partial charge on any atom is 0.117 e. The number of rotatable bonds is 3. The second kappa shape index (κ2) is 6.41. The number of nitrogens with zero attached hydrogens (tertiary/aromatic N) is 1. The molecule has 2 rings (SSSR count). The summed E-state index contributed by atoms with van der Waals surface area (Å²) in [5.41, 5.74) is 0. The molecule has 0 amide bonds. The molecule has 0 unspecified atom stereocenters. The van der Waals surface area contributed by atoms with Gasteiger partial charge in [-0.15, -0.1) is 24.0 Å². The van der Waals surface area contributed by atoms with Gasteiger partial charge in [0.15, 0.2) is 0 Å². The van der Waals surface area contributed by atoms with Crippen LogP contribution in [0.5, 0.6) is 0 Å². The van der Waals surface area contributed by atoms with E-state index in [2.05, 4.69) is 4.90 Å². The molecule has 0 aliphatic carbocycles. The summed E-state index contributed by atoms with van der Waals surface area (Å²) in [6, 6.07) is 3.98. The molecule has 0 saturated carbocycles. The second-order valence-electron chi connectivity index (χ2n) is 3.95. The van der Waals surface area contributed by atoms with E-state index >= 15 is 0 Å². The van der Waals surface area contributed by atoms with E-state index in [0.717, 1.165) is 37.2 Å². The lowest BCUT2D eigenvalue weighted by Gasteiger charge is -2.30. The Balaban J connectivity index is 0.00000112. The molecule has 0 spiro atoms. The van der Waals surface area contributed by atoms with E-state index in [0.29, 0.717) is 0 Å². The van der Waals surface area contributed by atoms with Crippen LogP contribution in [0.1, 0.15) is 18.6 Å². The maximum absolute atomic E-state index is 5.83. The fourth-order valence-corrected chi connectivity index (χ4v) is 2.23. The van der Waals surface area contributed by atoms with Crippen molar-refractivity contribution in [3.05, 3.63) is 24.2 Å². The second-order valence-corrected chi connectivity index (χ2v) is 4.26. The average Bonchev–Trinajstić information content (AvgIpc) is 2.72. The minimum Gasteiger partial charge on any atom is -0.468 e. The van der Waals surface area contributed by atoms with Gasteiger partial charge in [0.1, 0.15) is 5.76 Å². The predicted octanol–water partition coefficient (Wildman–Crippen LogP) is 3.15. The SMILES string of the molecule is Cl.ClCC1CCN(Cc2ccco2)CC1. The van der Waals surface area contributed by atoms with Gasteiger partial charge in [0, 0.05) is 5.88 Å². The van der Waals surface area contributed by atoms with Crippen LogP contribution < -0.4 is 0 Å². The molecule has 1 aromatic heterocycles. The number of piperidine rings is 1. The van der Waals surface area contributed by atoms with Gasteiger partial charge in [-0.3, -0.25) is 4.90 Å². The van der Waals surface area contributed by atoms with Gasteiger partial charge >= 0.3 is 0 Å². The van der Waals surface area contributed by atoms with Crippen LogP contribution in [0, 0.1) is 5.92 Å². The molecule has 2 heterocycles. The van der Waals surface area contributed by atoms with Gasteiger partial charge in [-0.25, -0.2) is 0 Å². The number of furan rings is 1. The lowest BCUT2D eigenvalue weighted by Crippen LogP contribution is -2.33. The molecule has 1 fully saturated rings. The molecule has 0 bridgehead atoms. The van der Waals surface area contributed by atoms with Gasteiger partial charge in [-0.1, -0.05) is 0 Å². The van der Waals surface area contributed by atoms with Gasteiger partial charge in [0.05, 0.1) is 12.8 Å². The summed E-state index contributed by atoms with van der Waals surface area (Å²) in [6.45, 7) is 3.25. The molecule has 0 N–H and O–H groups in total. The molecule has 1 aliphatic rings. The smallest absolute Gasteiger partial charge is 0.117 e. The first-order chi connectivity index (χ1) is 6.88. The van der Waals surface area contributed by atoms with Crippen LogP contribution in [0.2, 0.25) is 0 Å². The van der Waals surface area contributed by atoms with E-state index in [1.54, 1.807) is 6.26 Å². The van der Waals surface area contributed by atoms with E-state index in [1.807, 2.05) is 12.1 Å². The first-order valence-electron chi connectivity index (χ1n) is 5.19. The third-order valence-corrected chi connectivity index (χ3v) is 3.32. The van der Waals surface area contributed by atoms with E-state index in [9.17, 15) is 0 Å². The zero-order valence-electron chi connectivity index (χ0n) is 8.69. The third-order valence-electron chi connectivity index (χ3n) is 2.88. The Kier molecular flexibility index (Phi) is 5.51. The summed E-state index contributed by atoms with van der Waals surface area (Å²) in [4.78, 5) is 2.43. The first kappa shape index (κ1) is 12.9. The molecule has 0 atom stereocenters. The van der Waals surface area contributed by atoms with Crippen LogP contribution in [0.15, 0.2) is 22.8 Å². The zero-order chi connectivity index (χ0) is 9.80. The van der Waals surface area contributed by atoms with Gasteiger partial charge < -0.3 is 4.42 Å². The molecule has 2 nitrogen and oxygen atoms in total. The minimum absolute atomic E-state index is 0. The molecular formula is C11H17Cl2NO. The third kappa shape index (κ3) is 3.71. The van der Waals surface area contributed by atoms with Crippen LogP contribution in [-0.2, 0) is 6.54 Å². The highest BCUT2D eigenvalue weighted by Crippen LogP contribution is 2.19. The highest BCUT2D eigenvalue weighted by atomic mass is 35.5. The van der Waals surface area contributed by atoms with Crippen LogP contribution in [0.3, 0.4) is 0 Å². The summed E-state index contributed by atoms with van der Waals surface area (Å²) in [7, 11) is 0. The topological polar surface area (TPSA) is 16.4 Å². The Bertz CT molecular complexity index is 256. The summed E-state index contributed by atoms with van der Waals surface area (Å²) >= 11 is 5.83. The standard InChI is InChI=1S/C11H16ClNO.ClH/c12-8-10-3-5-13(6-4-10)9-11-2-1-7-14-11;/h1-2,7,10H,3-6,8-9H2;1H. The van der Waals surface area contributed by atoms with Crippen LogP contribution >= 0.6 is 24.0 Å². The van der Waals surface area contributed by atoms with E-state index in [4.69, 9.17) is 16.0 Å². The molecule has 86 valence electrons. The minimum atomic E-state index is 0. The van der Waals surface area contributed by atoms with Crippen LogP contribution in [-0.4, -0.2) is 23.9 Å². The highest BCUT2D eigenvalue weighted by Gasteiger charge is 2.18. The van der Waals surface area contributed by atoms with E-state index in [1.165, 1.54) is 12.8 Å². The number of hydrogen-bond acceptors (Lipinski definition) is 2.